The molecule has 0 aromatic heterocycles. The van der Waals surface area contributed by atoms with E-state index in [1.807, 2.05) is 0 Å². The second kappa shape index (κ2) is 2.69. The van der Waals surface area contributed by atoms with Gasteiger partial charge in [0, 0.05) is 16.8 Å². The number of aliphatic imine (C=N–C) groups is 1. The lowest BCUT2D eigenvalue weighted by atomic mass is 10.1. The maximum Gasteiger partial charge on any atom is 0.131 e. The van der Waals surface area contributed by atoms with Crippen LogP contribution in [0.2, 0.25) is 0 Å². The van der Waals surface area contributed by atoms with Crippen molar-refractivity contribution < 1.29 is 4.39 Å². The van der Waals surface area contributed by atoms with E-state index in [9.17, 15) is 4.39 Å². The first-order valence-corrected chi connectivity index (χ1v) is 4.54. The van der Waals surface area contributed by atoms with Gasteiger partial charge in [-0.3, -0.25) is 4.99 Å². The highest BCUT2D eigenvalue weighted by Crippen LogP contribution is 2.26. The van der Waals surface area contributed by atoms with Gasteiger partial charge in [-0.15, -0.1) is 0 Å². The van der Waals surface area contributed by atoms with E-state index in [1.165, 1.54) is 6.07 Å². The number of hydrogen-bond acceptors (Lipinski definition) is 2. The van der Waals surface area contributed by atoms with Crippen LogP contribution in [0, 0.1) is 5.82 Å². The summed E-state index contributed by atoms with van der Waals surface area (Å²) in [4.78, 5) is 4.11. The second-order valence-electron chi connectivity index (χ2n) is 2.64. The Balaban J connectivity index is 2.67. The molecule has 0 amide bonds. The second-order valence-corrected chi connectivity index (χ2v) is 3.66. The Morgan fingerprint density at radius 3 is 3.00 bits per heavy atom. The Kier molecular flexibility index (Phi) is 1.79. The summed E-state index contributed by atoms with van der Waals surface area (Å²) in [5.41, 5.74) is 7.45. The Morgan fingerprint density at radius 1 is 1.50 bits per heavy atom. The highest BCUT2D eigenvalue weighted by Gasteiger charge is 2.17. The molecule has 1 aliphatic heterocycles. The fraction of sp³-hybridized carbons (Fsp3) is 0.125. The van der Waals surface area contributed by atoms with Gasteiger partial charge in [0.2, 0.25) is 0 Å². The van der Waals surface area contributed by atoms with Crippen molar-refractivity contribution in [2.75, 3.05) is 5.73 Å². The Bertz CT molecular complexity index is 374. The molecule has 0 fully saturated rings. The van der Waals surface area contributed by atoms with Crippen molar-refractivity contribution in [1.29, 1.82) is 0 Å². The molecule has 0 unspecified atom stereocenters. The molecule has 0 saturated heterocycles. The van der Waals surface area contributed by atoms with Crippen LogP contribution in [0.3, 0.4) is 0 Å². The molecule has 0 radical (unpaired) electrons. The van der Waals surface area contributed by atoms with Crippen LogP contribution in [0.5, 0.6) is 0 Å². The summed E-state index contributed by atoms with van der Waals surface area (Å²) in [5, 5.41) is 0. The average molecular weight is 276 g/mol. The molecule has 1 heterocycles. The van der Waals surface area contributed by atoms with E-state index in [0.29, 0.717) is 17.8 Å². The van der Waals surface area contributed by atoms with Gasteiger partial charge in [-0.25, -0.2) is 4.39 Å². The lowest BCUT2D eigenvalue weighted by Crippen LogP contribution is -1.96. The van der Waals surface area contributed by atoms with Gasteiger partial charge >= 0.3 is 0 Å². The maximum atomic E-state index is 13.2. The number of halogens is 2. The van der Waals surface area contributed by atoms with Crippen molar-refractivity contribution in [2.24, 2.45) is 4.99 Å². The molecule has 62 valence electrons. The predicted molar refractivity (Wildman–Crippen MR) is 55.1 cm³/mol. The van der Waals surface area contributed by atoms with Crippen molar-refractivity contribution >= 4 is 32.0 Å². The minimum absolute atomic E-state index is 0.250. The SMILES string of the molecule is Nc1cc(F)c2c(c1)C(I)=NC2. The van der Waals surface area contributed by atoms with Gasteiger partial charge in [0.1, 0.15) is 9.54 Å². The molecule has 0 bridgehead atoms. The van der Waals surface area contributed by atoms with Gasteiger partial charge in [0.25, 0.3) is 0 Å². The van der Waals surface area contributed by atoms with Gasteiger partial charge in [0.15, 0.2) is 0 Å². The first-order valence-electron chi connectivity index (χ1n) is 3.46. The highest BCUT2D eigenvalue weighted by molar-refractivity contribution is 14.1. The Morgan fingerprint density at radius 2 is 2.25 bits per heavy atom. The van der Waals surface area contributed by atoms with E-state index in [1.54, 1.807) is 6.07 Å². The van der Waals surface area contributed by atoms with Crippen LogP contribution in [-0.4, -0.2) is 3.72 Å². The van der Waals surface area contributed by atoms with Crippen molar-refractivity contribution in [3.05, 3.63) is 29.1 Å². The molecule has 1 aromatic rings. The van der Waals surface area contributed by atoms with Gasteiger partial charge < -0.3 is 5.73 Å². The minimum atomic E-state index is -0.250. The molecule has 0 spiro atoms. The third-order valence-electron chi connectivity index (χ3n) is 1.82. The smallest absolute Gasteiger partial charge is 0.131 e. The molecule has 1 aromatic carbocycles. The summed E-state index contributed by atoms with van der Waals surface area (Å²) in [6, 6.07) is 3.10. The van der Waals surface area contributed by atoms with Crippen molar-refractivity contribution in [3.63, 3.8) is 0 Å². The van der Waals surface area contributed by atoms with E-state index >= 15 is 0 Å². The fourth-order valence-electron chi connectivity index (χ4n) is 1.24. The largest absolute Gasteiger partial charge is 0.399 e. The van der Waals surface area contributed by atoms with Crippen molar-refractivity contribution in [1.82, 2.24) is 0 Å². The predicted octanol–water partition coefficient (Wildman–Crippen LogP) is 2.10. The molecule has 0 saturated carbocycles. The summed E-state index contributed by atoms with van der Waals surface area (Å²) in [6.07, 6.45) is 0. The highest BCUT2D eigenvalue weighted by atomic mass is 127. The number of nitrogen functional groups attached to an aromatic ring is 1. The van der Waals surface area contributed by atoms with Crippen molar-refractivity contribution in [3.8, 4) is 0 Å². The van der Waals surface area contributed by atoms with Crippen LogP contribution in [-0.2, 0) is 6.54 Å². The van der Waals surface area contributed by atoms with Crippen LogP contribution in [0.4, 0.5) is 10.1 Å². The summed E-state index contributed by atoms with van der Waals surface area (Å²) in [7, 11) is 0. The van der Waals surface area contributed by atoms with Gasteiger partial charge in [-0.2, -0.15) is 0 Å². The number of nitrogens with two attached hydrogens (primary N) is 1. The quantitative estimate of drug-likeness (QED) is 0.572. The summed E-state index contributed by atoms with van der Waals surface area (Å²) in [6.45, 7) is 0.444. The zero-order valence-electron chi connectivity index (χ0n) is 6.14. The van der Waals surface area contributed by atoms with Crippen LogP contribution >= 0.6 is 22.6 Å². The molecular formula is C8H6FIN2. The normalized spacial score (nSPS) is 14.3. The molecule has 12 heavy (non-hydrogen) atoms. The topological polar surface area (TPSA) is 38.4 Å². The minimum Gasteiger partial charge on any atom is -0.399 e. The van der Waals surface area contributed by atoms with E-state index < -0.39 is 0 Å². The lowest BCUT2D eigenvalue weighted by Gasteiger charge is -2.01. The average Bonchev–Trinajstić information content (AvgIpc) is 2.33. The molecule has 1 aliphatic rings. The van der Waals surface area contributed by atoms with Gasteiger partial charge in [-0.05, 0) is 34.7 Å². The number of anilines is 1. The Labute approximate surface area is 82.8 Å². The first-order chi connectivity index (χ1) is 5.68. The number of rotatable bonds is 0. The van der Waals surface area contributed by atoms with E-state index in [2.05, 4.69) is 27.6 Å². The van der Waals surface area contributed by atoms with Crippen molar-refractivity contribution in [2.45, 2.75) is 6.54 Å². The zero-order chi connectivity index (χ0) is 8.72. The maximum absolute atomic E-state index is 13.2. The van der Waals surface area contributed by atoms with E-state index in [0.717, 1.165) is 9.28 Å². The Hall–Kier alpha value is -0.650. The third kappa shape index (κ3) is 1.10. The zero-order valence-corrected chi connectivity index (χ0v) is 8.30. The summed E-state index contributed by atoms with van der Waals surface area (Å²) >= 11 is 2.08. The molecular weight excluding hydrogens is 270 g/mol. The standard InChI is InChI=1S/C8H6FIN2/c9-7-2-4(11)1-5-6(7)3-12-8(5)10/h1-2H,3,11H2. The van der Waals surface area contributed by atoms with Crippen LogP contribution in [0.25, 0.3) is 0 Å². The fourth-order valence-corrected chi connectivity index (χ4v) is 1.89. The summed E-state index contributed by atoms with van der Waals surface area (Å²) < 4.78 is 14.0. The molecule has 0 atom stereocenters. The molecule has 2 nitrogen and oxygen atoms in total. The molecule has 0 aliphatic carbocycles. The summed E-state index contributed by atoms with van der Waals surface area (Å²) in [5.74, 6) is -0.250. The monoisotopic (exact) mass is 276 g/mol. The third-order valence-corrected chi connectivity index (χ3v) is 2.74. The van der Waals surface area contributed by atoms with Gasteiger partial charge in [-0.1, -0.05) is 0 Å². The van der Waals surface area contributed by atoms with Crippen LogP contribution < -0.4 is 5.73 Å². The lowest BCUT2D eigenvalue weighted by molar-refractivity contribution is 0.613. The first kappa shape index (κ1) is 7.97. The molecule has 4 heteroatoms. The number of hydrogen-bond donors (Lipinski definition) is 1. The molecule has 2 N–H and O–H groups in total. The number of benzene rings is 1. The molecule has 2 rings (SSSR count). The van der Waals surface area contributed by atoms with E-state index in [-0.39, 0.29) is 5.82 Å². The number of nitrogens with zero attached hydrogens (tertiary/aromatic N) is 1. The van der Waals surface area contributed by atoms with Crippen LogP contribution in [0.1, 0.15) is 11.1 Å². The number of fused-ring (bicyclic) bond motifs is 1. The van der Waals surface area contributed by atoms with Gasteiger partial charge in [0.05, 0.1) is 6.54 Å². The van der Waals surface area contributed by atoms with E-state index in [4.69, 9.17) is 5.73 Å². The van der Waals surface area contributed by atoms with Crippen LogP contribution in [0.15, 0.2) is 17.1 Å².